The van der Waals surface area contributed by atoms with Gasteiger partial charge >= 0.3 is 6.18 Å². The Kier molecular flexibility index (Phi) is 6.74. The summed E-state index contributed by atoms with van der Waals surface area (Å²) in [5.41, 5.74) is 1.02. The normalized spacial score (nSPS) is 13.5. The first-order valence-electron chi connectivity index (χ1n) is 5.82. The maximum Gasteiger partial charge on any atom is 0.411 e. The molecule has 0 radical (unpaired) electrons. The van der Waals surface area contributed by atoms with Crippen molar-refractivity contribution in [3.63, 3.8) is 0 Å². The van der Waals surface area contributed by atoms with Crippen LogP contribution in [0.5, 0.6) is 0 Å². The Bertz CT molecular complexity index is 387. The topological polar surface area (TPSA) is 34.1 Å². The van der Waals surface area contributed by atoms with Gasteiger partial charge in [0.2, 0.25) is 0 Å². The molecule has 1 aromatic heterocycles. The van der Waals surface area contributed by atoms with Gasteiger partial charge in [0, 0.05) is 29.5 Å². The molecule has 19 heavy (non-hydrogen) atoms. The SMILES string of the molecule is CNC(CCOCC(F)(F)F)Cc1cncc(Br)c1. The maximum absolute atomic E-state index is 11.9. The van der Waals surface area contributed by atoms with Gasteiger partial charge in [-0.1, -0.05) is 0 Å². The summed E-state index contributed by atoms with van der Waals surface area (Å²) in [6.45, 7) is -1.12. The molecule has 108 valence electrons. The van der Waals surface area contributed by atoms with Crippen LogP contribution in [0, 0.1) is 0 Å². The van der Waals surface area contributed by atoms with Crippen LogP contribution in [0.3, 0.4) is 0 Å². The molecule has 0 saturated carbocycles. The van der Waals surface area contributed by atoms with Crippen molar-refractivity contribution in [3.8, 4) is 0 Å². The van der Waals surface area contributed by atoms with Crippen molar-refractivity contribution in [2.45, 2.75) is 25.1 Å². The largest absolute Gasteiger partial charge is 0.411 e. The van der Waals surface area contributed by atoms with Gasteiger partial charge in [-0.3, -0.25) is 4.98 Å². The summed E-state index contributed by atoms with van der Waals surface area (Å²) in [4.78, 5) is 4.05. The summed E-state index contributed by atoms with van der Waals surface area (Å²) < 4.78 is 41.2. The average molecular weight is 341 g/mol. The van der Waals surface area contributed by atoms with Crippen molar-refractivity contribution in [3.05, 3.63) is 28.5 Å². The van der Waals surface area contributed by atoms with Gasteiger partial charge in [-0.25, -0.2) is 0 Å². The van der Waals surface area contributed by atoms with Crippen LogP contribution in [0.2, 0.25) is 0 Å². The van der Waals surface area contributed by atoms with E-state index >= 15 is 0 Å². The number of pyridine rings is 1. The molecule has 1 aromatic rings. The highest BCUT2D eigenvalue weighted by atomic mass is 79.9. The van der Waals surface area contributed by atoms with Crippen molar-refractivity contribution < 1.29 is 17.9 Å². The fourth-order valence-electron chi connectivity index (χ4n) is 1.61. The van der Waals surface area contributed by atoms with E-state index in [1.807, 2.05) is 6.07 Å². The van der Waals surface area contributed by atoms with Crippen LogP contribution in [0.4, 0.5) is 13.2 Å². The lowest BCUT2D eigenvalue weighted by molar-refractivity contribution is -0.174. The Balaban J connectivity index is 2.34. The fourth-order valence-corrected chi connectivity index (χ4v) is 2.03. The number of hydrogen-bond donors (Lipinski definition) is 1. The second-order valence-corrected chi connectivity index (χ2v) is 5.07. The van der Waals surface area contributed by atoms with E-state index in [9.17, 15) is 13.2 Å². The molecule has 1 N–H and O–H groups in total. The van der Waals surface area contributed by atoms with Gasteiger partial charge in [0.1, 0.15) is 6.61 Å². The van der Waals surface area contributed by atoms with E-state index in [0.717, 1.165) is 10.0 Å². The minimum Gasteiger partial charge on any atom is -0.372 e. The third-order valence-electron chi connectivity index (χ3n) is 2.53. The number of hydrogen-bond acceptors (Lipinski definition) is 3. The molecule has 0 amide bonds. The monoisotopic (exact) mass is 340 g/mol. The molecular weight excluding hydrogens is 325 g/mol. The van der Waals surface area contributed by atoms with E-state index < -0.39 is 12.8 Å². The molecule has 0 aromatic carbocycles. The molecule has 0 aliphatic heterocycles. The molecule has 1 heterocycles. The first-order valence-corrected chi connectivity index (χ1v) is 6.61. The van der Waals surface area contributed by atoms with E-state index in [-0.39, 0.29) is 12.6 Å². The molecule has 1 rings (SSSR count). The lowest BCUT2D eigenvalue weighted by Crippen LogP contribution is -2.29. The molecule has 3 nitrogen and oxygen atoms in total. The molecule has 0 aliphatic rings. The van der Waals surface area contributed by atoms with Crippen LogP contribution in [-0.2, 0) is 11.2 Å². The van der Waals surface area contributed by atoms with Crippen molar-refractivity contribution in [2.24, 2.45) is 0 Å². The average Bonchev–Trinajstić information content (AvgIpc) is 2.32. The number of nitrogens with zero attached hydrogens (tertiary/aromatic N) is 1. The zero-order valence-corrected chi connectivity index (χ0v) is 12.1. The summed E-state index contributed by atoms with van der Waals surface area (Å²) in [6, 6.07) is 2.00. The third-order valence-corrected chi connectivity index (χ3v) is 2.96. The fraction of sp³-hybridized carbons (Fsp3) is 0.583. The van der Waals surface area contributed by atoms with Gasteiger partial charge in [0.05, 0.1) is 0 Å². The van der Waals surface area contributed by atoms with Crippen LogP contribution in [0.15, 0.2) is 22.9 Å². The lowest BCUT2D eigenvalue weighted by atomic mass is 10.1. The minimum absolute atomic E-state index is 0.0596. The van der Waals surface area contributed by atoms with Gasteiger partial charge in [-0.2, -0.15) is 13.2 Å². The van der Waals surface area contributed by atoms with Crippen LogP contribution in [-0.4, -0.2) is 37.5 Å². The molecule has 7 heteroatoms. The number of aromatic nitrogens is 1. The number of rotatable bonds is 7. The molecule has 1 atom stereocenters. The van der Waals surface area contributed by atoms with Crippen molar-refractivity contribution in [1.82, 2.24) is 10.3 Å². The van der Waals surface area contributed by atoms with E-state index in [1.54, 1.807) is 19.4 Å². The van der Waals surface area contributed by atoms with E-state index in [4.69, 9.17) is 0 Å². The van der Waals surface area contributed by atoms with Crippen LogP contribution in [0.1, 0.15) is 12.0 Å². The predicted octanol–water partition coefficient (Wildman–Crippen LogP) is 2.94. The Labute approximate surface area is 118 Å². The molecule has 0 bridgehead atoms. The summed E-state index contributed by atoms with van der Waals surface area (Å²) in [6.07, 6.45) is 0.372. The first kappa shape index (κ1) is 16.4. The Morgan fingerprint density at radius 3 is 2.74 bits per heavy atom. The van der Waals surface area contributed by atoms with Gasteiger partial charge in [-0.05, 0) is 47.4 Å². The van der Waals surface area contributed by atoms with Gasteiger partial charge < -0.3 is 10.1 Å². The highest BCUT2D eigenvalue weighted by Crippen LogP contribution is 2.15. The third kappa shape index (κ3) is 7.49. The van der Waals surface area contributed by atoms with E-state index in [2.05, 4.69) is 31.0 Å². The maximum atomic E-state index is 11.9. The number of nitrogens with one attached hydrogen (secondary N) is 1. The van der Waals surface area contributed by atoms with E-state index in [1.165, 1.54) is 0 Å². The zero-order valence-electron chi connectivity index (χ0n) is 10.5. The first-order chi connectivity index (χ1) is 8.90. The quantitative estimate of drug-likeness (QED) is 0.775. The molecule has 0 spiro atoms. The lowest BCUT2D eigenvalue weighted by Gasteiger charge is -2.16. The number of alkyl halides is 3. The number of likely N-dealkylation sites (N-methyl/N-ethyl adjacent to an activating group) is 1. The summed E-state index contributed by atoms with van der Waals surface area (Å²) in [5.74, 6) is 0. The van der Waals surface area contributed by atoms with Crippen LogP contribution in [0.25, 0.3) is 0 Å². The molecular formula is C12H16BrF3N2O. The highest BCUT2D eigenvalue weighted by molar-refractivity contribution is 9.10. The van der Waals surface area contributed by atoms with Gasteiger partial charge in [0.15, 0.2) is 0 Å². The Morgan fingerprint density at radius 2 is 2.16 bits per heavy atom. The zero-order chi connectivity index (χ0) is 14.3. The molecule has 0 aliphatic carbocycles. The van der Waals surface area contributed by atoms with Crippen molar-refractivity contribution in [2.75, 3.05) is 20.3 Å². The minimum atomic E-state index is -4.26. The predicted molar refractivity (Wildman–Crippen MR) is 70.0 cm³/mol. The standard InChI is InChI=1S/C12H16BrF3N2O/c1-17-11(2-3-19-8-12(14,15)16)5-9-4-10(13)7-18-6-9/h4,6-7,11,17H,2-3,5,8H2,1H3. The van der Waals surface area contributed by atoms with Gasteiger partial charge in [-0.15, -0.1) is 0 Å². The van der Waals surface area contributed by atoms with Crippen molar-refractivity contribution >= 4 is 15.9 Å². The summed E-state index contributed by atoms with van der Waals surface area (Å²) in [5, 5.41) is 3.06. The van der Waals surface area contributed by atoms with Gasteiger partial charge in [0.25, 0.3) is 0 Å². The number of halogens is 4. The molecule has 0 fully saturated rings. The molecule has 0 saturated heterocycles. The summed E-state index contributed by atoms with van der Waals surface area (Å²) >= 11 is 3.33. The molecule has 1 unspecified atom stereocenters. The van der Waals surface area contributed by atoms with Crippen LogP contribution < -0.4 is 5.32 Å². The van der Waals surface area contributed by atoms with Crippen LogP contribution >= 0.6 is 15.9 Å². The number of ether oxygens (including phenoxy) is 1. The second kappa shape index (κ2) is 7.81. The Hall–Kier alpha value is -0.660. The van der Waals surface area contributed by atoms with E-state index in [0.29, 0.717) is 12.8 Å². The highest BCUT2D eigenvalue weighted by Gasteiger charge is 2.27. The summed E-state index contributed by atoms with van der Waals surface area (Å²) in [7, 11) is 1.78. The smallest absolute Gasteiger partial charge is 0.372 e. The Morgan fingerprint density at radius 1 is 1.42 bits per heavy atom. The second-order valence-electron chi connectivity index (χ2n) is 4.16. The van der Waals surface area contributed by atoms with Crippen molar-refractivity contribution in [1.29, 1.82) is 0 Å².